The van der Waals surface area contributed by atoms with E-state index in [9.17, 15) is 9.59 Å². The first-order chi connectivity index (χ1) is 11.7. The van der Waals surface area contributed by atoms with E-state index in [0.29, 0.717) is 5.76 Å². The van der Waals surface area contributed by atoms with Gasteiger partial charge in [0, 0.05) is 23.8 Å². The summed E-state index contributed by atoms with van der Waals surface area (Å²) in [5, 5.41) is 11.4. The van der Waals surface area contributed by atoms with E-state index in [2.05, 4.69) is 15.7 Å². The number of nitrogens with zero attached hydrogens (tertiary/aromatic N) is 2. The highest BCUT2D eigenvalue weighted by Gasteiger charge is 2.19. The van der Waals surface area contributed by atoms with E-state index in [0.717, 1.165) is 4.88 Å². The molecule has 0 bridgehead atoms. The van der Waals surface area contributed by atoms with Crippen molar-refractivity contribution in [3.05, 3.63) is 65.0 Å². The van der Waals surface area contributed by atoms with E-state index in [4.69, 9.17) is 4.42 Å². The van der Waals surface area contributed by atoms with Gasteiger partial charge < -0.3 is 15.1 Å². The van der Waals surface area contributed by atoms with E-state index in [-0.39, 0.29) is 19.1 Å². The quantitative estimate of drug-likeness (QED) is 0.664. The SMILES string of the molecule is O=C(NCc1ccco1)C(=O)NC[C@@H](c1cccs1)n1cccn1. The summed E-state index contributed by atoms with van der Waals surface area (Å²) in [7, 11) is 0. The van der Waals surface area contributed by atoms with Crippen molar-refractivity contribution in [2.45, 2.75) is 12.6 Å². The number of hydrogen-bond acceptors (Lipinski definition) is 5. The first-order valence-corrected chi connectivity index (χ1v) is 8.23. The zero-order chi connectivity index (χ0) is 16.8. The maximum atomic E-state index is 12.0. The molecule has 0 saturated carbocycles. The minimum Gasteiger partial charge on any atom is -0.467 e. The standard InChI is InChI=1S/C16H16N4O3S/c21-15(17-10-12-4-1-8-23-12)16(22)18-11-13(14-5-2-9-24-14)20-7-3-6-19-20/h1-9,13H,10-11H2,(H,17,21)(H,18,22)/t13-/m0/s1. The predicted octanol–water partition coefficient (Wildman–Crippen LogP) is 1.56. The number of aromatic nitrogens is 2. The lowest BCUT2D eigenvalue weighted by molar-refractivity contribution is -0.139. The number of amides is 2. The zero-order valence-electron chi connectivity index (χ0n) is 12.7. The highest BCUT2D eigenvalue weighted by atomic mass is 32.1. The van der Waals surface area contributed by atoms with Gasteiger partial charge in [0.1, 0.15) is 11.8 Å². The third-order valence-corrected chi connectivity index (χ3v) is 4.35. The lowest BCUT2D eigenvalue weighted by Gasteiger charge is -2.16. The molecule has 0 spiro atoms. The fourth-order valence-electron chi connectivity index (χ4n) is 2.20. The van der Waals surface area contributed by atoms with Gasteiger partial charge in [0.2, 0.25) is 0 Å². The molecule has 24 heavy (non-hydrogen) atoms. The number of hydrogen-bond donors (Lipinski definition) is 2. The van der Waals surface area contributed by atoms with Gasteiger partial charge in [-0.05, 0) is 29.6 Å². The molecule has 0 aromatic carbocycles. The van der Waals surface area contributed by atoms with Crippen LogP contribution in [0.1, 0.15) is 16.7 Å². The van der Waals surface area contributed by atoms with Crippen LogP contribution in [0.5, 0.6) is 0 Å². The zero-order valence-corrected chi connectivity index (χ0v) is 13.5. The van der Waals surface area contributed by atoms with Crippen LogP contribution in [-0.2, 0) is 16.1 Å². The summed E-state index contributed by atoms with van der Waals surface area (Å²) in [6.07, 6.45) is 5.02. The van der Waals surface area contributed by atoms with Crippen LogP contribution in [-0.4, -0.2) is 28.1 Å². The molecule has 7 nitrogen and oxygen atoms in total. The summed E-state index contributed by atoms with van der Waals surface area (Å²) in [5.41, 5.74) is 0. The topological polar surface area (TPSA) is 89.2 Å². The minimum absolute atomic E-state index is 0.151. The summed E-state index contributed by atoms with van der Waals surface area (Å²) >= 11 is 1.57. The summed E-state index contributed by atoms with van der Waals surface area (Å²) in [6.45, 7) is 0.446. The van der Waals surface area contributed by atoms with Gasteiger partial charge in [0.05, 0.1) is 12.8 Å². The molecule has 0 aliphatic rings. The molecule has 3 heterocycles. The van der Waals surface area contributed by atoms with Crippen LogP contribution in [0.15, 0.2) is 58.8 Å². The highest BCUT2D eigenvalue weighted by Crippen LogP contribution is 2.21. The number of rotatable bonds is 6. The smallest absolute Gasteiger partial charge is 0.309 e. The van der Waals surface area contributed by atoms with Gasteiger partial charge in [-0.2, -0.15) is 5.10 Å². The molecule has 8 heteroatoms. The van der Waals surface area contributed by atoms with Crippen molar-refractivity contribution in [1.82, 2.24) is 20.4 Å². The number of furan rings is 1. The van der Waals surface area contributed by atoms with Crippen molar-refractivity contribution in [3.63, 3.8) is 0 Å². The third-order valence-electron chi connectivity index (χ3n) is 3.38. The molecule has 0 aliphatic heterocycles. The molecule has 0 aliphatic carbocycles. The molecule has 0 unspecified atom stereocenters. The largest absolute Gasteiger partial charge is 0.467 e. The Labute approximate surface area is 142 Å². The Morgan fingerprint density at radius 2 is 2.08 bits per heavy atom. The molecule has 1 atom stereocenters. The van der Waals surface area contributed by atoms with E-state index in [1.807, 2.05) is 29.8 Å². The molecule has 2 amide bonds. The van der Waals surface area contributed by atoms with Crippen LogP contribution in [0, 0.1) is 0 Å². The Kier molecular flexibility index (Phi) is 5.07. The number of carbonyl (C=O) groups excluding carboxylic acids is 2. The second kappa shape index (κ2) is 7.60. The highest BCUT2D eigenvalue weighted by molar-refractivity contribution is 7.10. The molecule has 3 aromatic heterocycles. The van der Waals surface area contributed by atoms with Crippen molar-refractivity contribution in [1.29, 1.82) is 0 Å². The Morgan fingerprint density at radius 3 is 2.75 bits per heavy atom. The molecule has 2 N–H and O–H groups in total. The lowest BCUT2D eigenvalue weighted by Crippen LogP contribution is -2.41. The van der Waals surface area contributed by atoms with Crippen LogP contribution >= 0.6 is 11.3 Å². The molecule has 0 fully saturated rings. The normalized spacial score (nSPS) is 11.8. The van der Waals surface area contributed by atoms with Gasteiger partial charge in [-0.1, -0.05) is 6.07 Å². The van der Waals surface area contributed by atoms with E-state index in [1.54, 1.807) is 34.3 Å². The Bertz CT molecular complexity index is 732. The molecule has 3 aromatic rings. The van der Waals surface area contributed by atoms with Gasteiger partial charge in [0.15, 0.2) is 0 Å². The van der Waals surface area contributed by atoms with Gasteiger partial charge >= 0.3 is 11.8 Å². The average molecular weight is 344 g/mol. The first-order valence-electron chi connectivity index (χ1n) is 7.35. The maximum absolute atomic E-state index is 12.0. The second-order valence-electron chi connectivity index (χ2n) is 4.99. The van der Waals surface area contributed by atoms with Gasteiger partial charge in [0.25, 0.3) is 0 Å². The van der Waals surface area contributed by atoms with Gasteiger partial charge in [-0.3, -0.25) is 14.3 Å². The minimum atomic E-state index is -0.697. The van der Waals surface area contributed by atoms with Crippen molar-refractivity contribution < 1.29 is 14.0 Å². The third kappa shape index (κ3) is 3.90. The van der Waals surface area contributed by atoms with Crippen LogP contribution in [0.3, 0.4) is 0 Å². The van der Waals surface area contributed by atoms with Crippen molar-refractivity contribution in [2.24, 2.45) is 0 Å². The Balaban J connectivity index is 1.56. The average Bonchev–Trinajstić information content (AvgIpc) is 3.35. The second-order valence-corrected chi connectivity index (χ2v) is 5.97. The van der Waals surface area contributed by atoms with E-state index in [1.165, 1.54) is 6.26 Å². The maximum Gasteiger partial charge on any atom is 0.309 e. The van der Waals surface area contributed by atoms with Crippen LogP contribution < -0.4 is 10.6 Å². The number of nitrogens with one attached hydrogen (secondary N) is 2. The molecule has 0 radical (unpaired) electrons. The Hall–Kier alpha value is -2.87. The summed E-state index contributed by atoms with van der Waals surface area (Å²) in [4.78, 5) is 24.9. The molecular weight excluding hydrogens is 328 g/mol. The fraction of sp³-hybridized carbons (Fsp3) is 0.188. The monoisotopic (exact) mass is 344 g/mol. The van der Waals surface area contributed by atoms with Crippen LogP contribution in [0.2, 0.25) is 0 Å². The molecule has 0 saturated heterocycles. The van der Waals surface area contributed by atoms with Crippen LogP contribution in [0.25, 0.3) is 0 Å². The van der Waals surface area contributed by atoms with Crippen molar-refractivity contribution in [2.75, 3.05) is 6.54 Å². The van der Waals surface area contributed by atoms with Gasteiger partial charge in [-0.25, -0.2) is 0 Å². The summed E-state index contributed by atoms with van der Waals surface area (Å²) in [6, 6.07) is 9.02. The van der Waals surface area contributed by atoms with Crippen molar-refractivity contribution in [3.8, 4) is 0 Å². The molecule has 124 valence electrons. The number of thiophene rings is 1. The van der Waals surface area contributed by atoms with E-state index < -0.39 is 11.8 Å². The number of carbonyl (C=O) groups is 2. The summed E-state index contributed by atoms with van der Waals surface area (Å²) < 4.78 is 6.86. The first kappa shape index (κ1) is 16.0. The molecular formula is C16H16N4O3S. The van der Waals surface area contributed by atoms with Crippen molar-refractivity contribution >= 4 is 23.2 Å². The Morgan fingerprint density at radius 1 is 1.21 bits per heavy atom. The lowest BCUT2D eigenvalue weighted by atomic mass is 10.2. The van der Waals surface area contributed by atoms with Crippen LogP contribution in [0.4, 0.5) is 0 Å². The van der Waals surface area contributed by atoms with Gasteiger partial charge in [-0.15, -0.1) is 11.3 Å². The predicted molar refractivity (Wildman–Crippen MR) is 88.2 cm³/mol. The molecule has 3 rings (SSSR count). The summed E-state index contributed by atoms with van der Waals surface area (Å²) in [5.74, 6) is -0.795. The van der Waals surface area contributed by atoms with E-state index >= 15 is 0 Å². The fourth-order valence-corrected chi connectivity index (χ4v) is 3.02.